The number of hydrogen-bond acceptors (Lipinski definition) is 7. The number of carbonyl (C=O) groups is 2. The molecule has 0 aromatic carbocycles. The summed E-state index contributed by atoms with van der Waals surface area (Å²) in [7, 11) is 0. The van der Waals surface area contributed by atoms with Gasteiger partial charge < -0.3 is 10.1 Å². The van der Waals surface area contributed by atoms with Crippen LogP contribution in [0.15, 0.2) is 0 Å². The molecule has 6 nitrogen and oxygen atoms in total. The van der Waals surface area contributed by atoms with E-state index in [0.29, 0.717) is 5.13 Å². The van der Waals surface area contributed by atoms with Crippen molar-refractivity contribution in [1.82, 2.24) is 10.2 Å². The van der Waals surface area contributed by atoms with Gasteiger partial charge >= 0.3 is 11.2 Å². The minimum atomic E-state index is -0.515. The molecular weight excluding hydrogens is 226 g/mol. The molecule has 0 fully saturated rings. The molecule has 0 bridgehead atoms. The molecule has 0 spiro atoms. The molecule has 0 aliphatic carbocycles. The highest BCUT2D eigenvalue weighted by Crippen LogP contribution is 2.22. The van der Waals surface area contributed by atoms with Crippen LogP contribution in [0.1, 0.15) is 6.92 Å². The first-order chi connectivity index (χ1) is 6.61. The molecule has 76 valence electrons. The van der Waals surface area contributed by atoms with Crippen molar-refractivity contribution < 1.29 is 14.3 Å². The van der Waals surface area contributed by atoms with Crippen molar-refractivity contribution in [3.8, 4) is 5.19 Å². The fraction of sp³-hybridized carbons (Fsp3) is 0.333. The topological polar surface area (TPSA) is 81.2 Å². The second-order valence-electron chi connectivity index (χ2n) is 2.19. The van der Waals surface area contributed by atoms with E-state index in [2.05, 4.69) is 28.1 Å². The Labute approximate surface area is 89.1 Å². The lowest BCUT2D eigenvalue weighted by Gasteiger charge is -1.93. The molecule has 1 heterocycles. The molecule has 8 heteroatoms. The average Bonchev–Trinajstić information content (AvgIpc) is 2.51. The summed E-state index contributed by atoms with van der Waals surface area (Å²) >= 11 is 4.69. The second-order valence-corrected chi connectivity index (χ2v) is 3.44. The van der Waals surface area contributed by atoms with Crippen LogP contribution in [0.2, 0.25) is 0 Å². The Morgan fingerprint density at radius 1 is 1.57 bits per heavy atom. The SMILES string of the molecule is CC(=O)Nc1nnc(OC(=O)CS)s1. The third kappa shape index (κ3) is 3.30. The monoisotopic (exact) mass is 233 g/mol. The van der Waals surface area contributed by atoms with E-state index in [0.717, 1.165) is 11.3 Å². The quantitative estimate of drug-likeness (QED) is 0.581. The molecule has 1 amide bonds. The van der Waals surface area contributed by atoms with E-state index >= 15 is 0 Å². The lowest BCUT2D eigenvalue weighted by molar-refractivity contribution is -0.131. The van der Waals surface area contributed by atoms with Crippen LogP contribution in [0, 0.1) is 0 Å². The van der Waals surface area contributed by atoms with E-state index in [4.69, 9.17) is 4.74 Å². The van der Waals surface area contributed by atoms with E-state index < -0.39 is 5.97 Å². The summed E-state index contributed by atoms with van der Waals surface area (Å²) in [6.07, 6.45) is 0. The van der Waals surface area contributed by atoms with Gasteiger partial charge in [0.2, 0.25) is 11.0 Å². The van der Waals surface area contributed by atoms with Crippen molar-refractivity contribution in [2.45, 2.75) is 6.92 Å². The van der Waals surface area contributed by atoms with Gasteiger partial charge in [0.05, 0.1) is 5.75 Å². The zero-order chi connectivity index (χ0) is 10.6. The van der Waals surface area contributed by atoms with Crippen molar-refractivity contribution in [3.05, 3.63) is 0 Å². The third-order valence-corrected chi connectivity index (χ3v) is 1.99. The van der Waals surface area contributed by atoms with Gasteiger partial charge in [-0.3, -0.25) is 9.59 Å². The molecule has 1 N–H and O–H groups in total. The molecule has 14 heavy (non-hydrogen) atoms. The van der Waals surface area contributed by atoms with E-state index in [-0.39, 0.29) is 16.9 Å². The van der Waals surface area contributed by atoms with Crippen molar-refractivity contribution in [2.75, 3.05) is 11.1 Å². The standard InChI is InChI=1S/C6H7N3O3S2/c1-3(10)7-5-8-9-6(14-5)12-4(11)2-13/h13H,2H2,1H3,(H,7,8,10). The number of rotatable bonds is 3. The van der Waals surface area contributed by atoms with E-state index in [1.54, 1.807) is 0 Å². The molecule has 1 rings (SSSR count). The van der Waals surface area contributed by atoms with Crippen LogP contribution < -0.4 is 10.1 Å². The van der Waals surface area contributed by atoms with Crippen LogP contribution in [0.3, 0.4) is 0 Å². The maximum absolute atomic E-state index is 10.8. The number of anilines is 1. The van der Waals surface area contributed by atoms with E-state index in [1.165, 1.54) is 6.92 Å². The number of nitrogens with one attached hydrogen (secondary N) is 1. The van der Waals surface area contributed by atoms with Gasteiger partial charge in [0.25, 0.3) is 0 Å². The molecule has 0 unspecified atom stereocenters. The highest BCUT2D eigenvalue weighted by molar-refractivity contribution is 7.81. The predicted octanol–water partition coefficient (Wildman–Crippen LogP) is 0.332. The molecule has 0 aliphatic heterocycles. The average molecular weight is 233 g/mol. The minimum absolute atomic E-state index is 0.0327. The first-order valence-electron chi connectivity index (χ1n) is 3.54. The third-order valence-electron chi connectivity index (χ3n) is 1.02. The van der Waals surface area contributed by atoms with Crippen molar-refractivity contribution in [3.63, 3.8) is 0 Å². The number of thiol groups is 1. The lowest BCUT2D eigenvalue weighted by Crippen LogP contribution is -2.08. The number of hydrogen-bond donors (Lipinski definition) is 2. The summed E-state index contributed by atoms with van der Waals surface area (Å²) in [6.45, 7) is 1.35. The molecule has 0 aliphatic rings. The number of ether oxygens (including phenoxy) is 1. The van der Waals surface area contributed by atoms with Crippen molar-refractivity contribution in [1.29, 1.82) is 0 Å². The summed E-state index contributed by atoms with van der Waals surface area (Å²) < 4.78 is 4.70. The van der Waals surface area contributed by atoms with Gasteiger partial charge in [0.1, 0.15) is 0 Å². The number of nitrogens with zero attached hydrogens (tertiary/aromatic N) is 2. The van der Waals surface area contributed by atoms with E-state index in [9.17, 15) is 9.59 Å². The zero-order valence-electron chi connectivity index (χ0n) is 7.18. The molecule has 1 aromatic heterocycles. The van der Waals surface area contributed by atoms with Crippen LogP contribution in [-0.2, 0) is 9.59 Å². The van der Waals surface area contributed by atoms with Gasteiger partial charge in [-0.2, -0.15) is 12.6 Å². The number of aromatic nitrogens is 2. The largest absolute Gasteiger partial charge is 0.396 e. The van der Waals surface area contributed by atoms with Gasteiger partial charge in [-0.25, -0.2) is 0 Å². The van der Waals surface area contributed by atoms with Gasteiger partial charge in [0, 0.05) is 6.92 Å². The molecule has 0 saturated carbocycles. The van der Waals surface area contributed by atoms with Crippen LogP contribution in [0.25, 0.3) is 0 Å². The maximum Gasteiger partial charge on any atom is 0.322 e. The molecule has 0 saturated heterocycles. The highest BCUT2D eigenvalue weighted by atomic mass is 32.1. The van der Waals surface area contributed by atoms with Crippen LogP contribution >= 0.6 is 24.0 Å². The Morgan fingerprint density at radius 3 is 2.86 bits per heavy atom. The summed E-state index contributed by atoms with van der Waals surface area (Å²) in [6, 6.07) is 0. The summed E-state index contributed by atoms with van der Waals surface area (Å²) in [5.41, 5.74) is 0. The minimum Gasteiger partial charge on any atom is -0.396 e. The van der Waals surface area contributed by atoms with Crippen LogP contribution in [0.4, 0.5) is 5.13 Å². The number of amides is 1. The summed E-state index contributed by atoms with van der Waals surface area (Å²) in [4.78, 5) is 21.4. The Balaban J connectivity index is 2.59. The smallest absolute Gasteiger partial charge is 0.322 e. The Morgan fingerprint density at radius 2 is 2.29 bits per heavy atom. The Kier molecular flexibility index (Phi) is 3.84. The molecular formula is C6H7N3O3S2. The van der Waals surface area contributed by atoms with Crippen LogP contribution in [-0.4, -0.2) is 27.8 Å². The fourth-order valence-electron chi connectivity index (χ4n) is 0.582. The lowest BCUT2D eigenvalue weighted by atomic mass is 10.7. The van der Waals surface area contributed by atoms with Crippen LogP contribution in [0.5, 0.6) is 5.19 Å². The first-order valence-corrected chi connectivity index (χ1v) is 4.99. The number of esters is 1. The fourth-order valence-corrected chi connectivity index (χ4v) is 1.30. The van der Waals surface area contributed by atoms with Gasteiger partial charge in [-0.05, 0) is 11.3 Å². The number of carbonyl (C=O) groups excluding carboxylic acids is 2. The Hall–Kier alpha value is -1.15. The Bertz CT molecular complexity index is 352. The summed E-state index contributed by atoms with van der Waals surface area (Å²) in [5, 5.41) is 9.91. The molecule has 1 aromatic rings. The molecule has 0 atom stereocenters. The summed E-state index contributed by atoms with van der Waals surface area (Å²) in [5.74, 6) is -0.804. The van der Waals surface area contributed by atoms with Gasteiger partial charge in [-0.15, -0.1) is 5.10 Å². The normalized spacial score (nSPS) is 9.57. The zero-order valence-corrected chi connectivity index (χ0v) is 8.89. The van der Waals surface area contributed by atoms with Gasteiger partial charge in [0.15, 0.2) is 0 Å². The maximum atomic E-state index is 10.8. The second kappa shape index (κ2) is 4.91. The van der Waals surface area contributed by atoms with Crippen molar-refractivity contribution in [2.24, 2.45) is 0 Å². The van der Waals surface area contributed by atoms with Gasteiger partial charge in [-0.1, -0.05) is 5.10 Å². The first kappa shape index (κ1) is 10.9. The predicted molar refractivity (Wildman–Crippen MR) is 53.7 cm³/mol. The van der Waals surface area contributed by atoms with Crippen molar-refractivity contribution >= 4 is 41.0 Å². The molecule has 0 radical (unpaired) electrons. The van der Waals surface area contributed by atoms with E-state index in [1.807, 2.05) is 0 Å². The highest BCUT2D eigenvalue weighted by Gasteiger charge is 2.09.